The van der Waals surface area contributed by atoms with Crippen molar-refractivity contribution in [1.29, 1.82) is 0 Å². The van der Waals surface area contributed by atoms with E-state index < -0.39 is 0 Å². The van der Waals surface area contributed by atoms with Gasteiger partial charge < -0.3 is 19.3 Å². The summed E-state index contributed by atoms with van der Waals surface area (Å²) >= 11 is 0. The number of halogens is 1. The van der Waals surface area contributed by atoms with E-state index in [0.717, 1.165) is 24.9 Å². The van der Waals surface area contributed by atoms with Crippen LogP contribution < -0.4 is 14.8 Å². The van der Waals surface area contributed by atoms with Crippen molar-refractivity contribution in [3.63, 3.8) is 0 Å². The fourth-order valence-corrected chi connectivity index (χ4v) is 2.55. The number of hydrogen-bond donors (Lipinski definition) is 1. The summed E-state index contributed by atoms with van der Waals surface area (Å²) in [6, 6.07) is 6.00. The molecule has 1 aromatic heterocycles. The van der Waals surface area contributed by atoms with E-state index in [1.54, 1.807) is 14.2 Å². The van der Waals surface area contributed by atoms with Crippen LogP contribution in [0.1, 0.15) is 36.2 Å². The second kappa shape index (κ2) is 7.47. The fraction of sp³-hybridized carbons (Fsp3) is 0.467. The van der Waals surface area contributed by atoms with Crippen molar-refractivity contribution in [2.45, 2.75) is 25.3 Å². The van der Waals surface area contributed by atoms with Crippen molar-refractivity contribution in [2.24, 2.45) is 0 Å². The van der Waals surface area contributed by atoms with E-state index in [0.29, 0.717) is 29.6 Å². The van der Waals surface area contributed by atoms with Gasteiger partial charge in [-0.3, -0.25) is 0 Å². The second-order valence-corrected chi connectivity index (χ2v) is 5.06. The summed E-state index contributed by atoms with van der Waals surface area (Å²) in [6.45, 7) is 1.01. The molecule has 120 valence electrons. The minimum Gasteiger partial charge on any atom is -0.493 e. The zero-order valence-electron chi connectivity index (χ0n) is 12.7. The zero-order valence-corrected chi connectivity index (χ0v) is 13.5. The maximum absolute atomic E-state index is 5.34. The molecule has 22 heavy (non-hydrogen) atoms. The predicted molar refractivity (Wildman–Crippen MR) is 83.9 cm³/mol. The first-order valence-electron chi connectivity index (χ1n) is 7.07. The standard InChI is InChI=1S/C15H19N3O3.ClH/c1-19-12-6-5-10(8-13(12)20-2)9-14-17-15(21-18-14)11-4-3-7-16-11;/h5-6,8,11,16H,3-4,7,9H2,1-2H3;1H. The average molecular weight is 326 g/mol. The lowest BCUT2D eigenvalue weighted by Crippen LogP contribution is -2.13. The van der Waals surface area contributed by atoms with Crippen molar-refractivity contribution in [3.8, 4) is 11.5 Å². The van der Waals surface area contributed by atoms with Crippen molar-refractivity contribution in [1.82, 2.24) is 15.5 Å². The lowest BCUT2D eigenvalue weighted by molar-refractivity contribution is 0.341. The smallest absolute Gasteiger partial charge is 0.243 e. The maximum Gasteiger partial charge on any atom is 0.243 e. The van der Waals surface area contributed by atoms with Gasteiger partial charge in [0.15, 0.2) is 17.3 Å². The maximum atomic E-state index is 5.34. The van der Waals surface area contributed by atoms with Crippen LogP contribution in [-0.4, -0.2) is 30.9 Å². The van der Waals surface area contributed by atoms with Gasteiger partial charge in [-0.05, 0) is 37.1 Å². The molecule has 0 spiro atoms. The molecule has 1 saturated heterocycles. The second-order valence-electron chi connectivity index (χ2n) is 5.06. The Morgan fingerprint density at radius 3 is 2.77 bits per heavy atom. The molecule has 2 aromatic rings. The van der Waals surface area contributed by atoms with Gasteiger partial charge in [0, 0.05) is 6.42 Å². The van der Waals surface area contributed by atoms with Crippen LogP contribution in [0.5, 0.6) is 11.5 Å². The van der Waals surface area contributed by atoms with Gasteiger partial charge in [0.25, 0.3) is 0 Å². The van der Waals surface area contributed by atoms with Gasteiger partial charge in [-0.1, -0.05) is 11.2 Å². The Kier molecular flexibility index (Phi) is 5.63. The van der Waals surface area contributed by atoms with Gasteiger partial charge in [0.05, 0.1) is 20.3 Å². The SMILES string of the molecule is COc1ccc(Cc2noc(C3CCCN3)n2)cc1OC.Cl. The summed E-state index contributed by atoms with van der Waals surface area (Å²) in [7, 11) is 3.25. The van der Waals surface area contributed by atoms with Crippen LogP contribution in [0.3, 0.4) is 0 Å². The minimum atomic E-state index is 0. The van der Waals surface area contributed by atoms with E-state index in [4.69, 9.17) is 14.0 Å². The molecule has 1 fully saturated rings. The number of nitrogens with one attached hydrogen (secondary N) is 1. The number of aromatic nitrogens is 2. The van der Waals surface area contributed by atoms with Gasteiger partial charge in [-0.2, -0.15) is 4.98 Å². The first-order chi connectivity index (χ1) is 10.3. The molecule has 1 N–H and O–H groups in total. The number of methoxy groups -OCH3 is 2. The van der Waals surface area contributed by atoms with Crippen LogP contribution >= 0.6 is 12.4 Å². The Labute approximate surface area is 135 Å². The third-order valence-corrected chi connectivity index (χ3v) is 3.65. The topological polar surface area (TPSA) is 69.4 Å². The highest BCUT2D eigenvalue weighted by Gasteiger charge is 2.22. The summed E-state index contributed by atoms with van der Waals surface area (Å²) in [4.78, 5) is 4.47. The predicted octanol–water partition coefficient (Wildman–Crippen LogP) is 2.52. The first kappa shape index (κ1) is 16.6. The molecule has 1 aromatic carbocycles. The molecule has 1 aliphatic heterocycles. The molecule has 0 saturated carbocycles. The summed E-state index contributed by atoms with van der Waals surface area (Å²) < 4.78 is 15.9. The molecule has 0 amide bonds. The van der Waals surface area contributed by atoms with Crippen LogP contribution in [0.4, 0.5) is 0 Å². The summed E-state index contributed by atoms with van der Waals surface area (Å²) in [5.41, 5.74) is 1.05. The highest BCUT2D eigenvalue weighted by atomic mass is 35.5. The fourth-order valence-electron chi connectivity index (χ4n) is 2.55. The molecular formula is C15H20ClN3O3. The highest BCUT2D eigenvalue weighted by Crippen LogP contribution is 2.28. The number of hydrogen-bond acceptors (Lipinski definition) is 6. The van der Waals surface area contributed by atoms with Crippen LogP contribution in [0.25, 0.3) is 0 Å². The molecule has 0 bridgehead atoms. The van der Waals surface area contributed by atoms with Crippen LogP contribution in [0, 0.1) is 0 Å². The summed E-state index contributed by atoms with van der Waals surface area (Å²) in [5.74, 6) is 2.79. The van der Waals surface area contributed by atoms with Crippen LogP contribution in [-0.2, 0) is 6.42 Å². The van der Waals surface area contributed by atoms with Crippen molar-refractivity contribution >= 4 is 12.4 Å². The third kappa shape index (κ3) is 3.51. The lowest BCUT2D eigenvalue weighted by Gasteiger charge is -2.08. The number of nitrogens with zero attached hydrogens (tertiary/aromatic N) is 2. The zero-order chi connectivity index (χ0) is 14.7. The van der Waals surface area contributed by atoms with Crippen LogP contribution in [0.15, 0.2) is 22.7 Å². The third-order valence-electron chi connectivity index (χ3n) is 3.65. The first-order valence-corrected chi connectivity index (χ1v) is 7.07. The molecule has 6 nitrogen and oxygen atoms in total. The molecule has 1 aliphatic rings. The number of rotatable bonds is 5. The van der Waals surface area contributed by atoms with Gasteiger partial charge in [-0.25, -0.2) is 0 Å². The summed E-state index contributed by atoms with van der Waals surface area (Å²) in [6.07, 6.45) is 2.81. The van der Waals surface area contributed by atoms with Gasteiger partial charge in [-0.15, -0.1) is 12.4 Å². The number of benzene rings is 1. The van der Waals surface area contributed by atoms with E-state index in [-0.39, 0.29) is 18.4 Å². The highest BCUT2D eigenvalue weighted by molar-refractivity contribution is 5.85. The van der Waals surface area contributed by atoms with Gasteiger partial charge in [0.1, 0.15) is 0 Å². The average Bonchev–Trinajstić information content (AvgIpc) is 3.17. The minimum absolute atomic E-state index is 0. The Hall–Kier alpha value is -1.79. The van der Waals surface area contributed by atoms with E-state index >= 15 is 0 Å². The van der Waals surface area contributed by atoms with Gasteiger partial charge in [0.2, 0.25) is 5.89 Å². The van der Waals surface area contributed by atoms with E-state index in [2.05, 4.69) is 15.5 Å². The normalized spacial score (nSPS) is 17.1. The molecule has 2 heterocycles. The van der Waals surface area contributed by atoms with E-state index in [1.165, 1.54) is 0 Å². The molecule has 7 heteroatoms. The Balaban J connectivity index is 0.00000176. The molecule has 0 aliphatic carbocycles. The van der Waals surface area contributed by atoms with Gasteiger partial charge >= 0.3 is 0 Å². The quantitative estimate of drug-likeness (QED) is 0.911. The summed E-state index contributed by atoms with van der Waals surface area (Å²) in [5, 5.41) is 7.41. The van der Waals surface area contributed by atoms with E-state index in [9.17, 15) is 0 Å². The monoisotopic (exact) mass is 325 g/mol. The number of ether oxygens (including phenoxy) is 2. The van der Waals surface area contributed by atoms with E-state index in [1.807, 2.05) is 18.2 Å². The Morgan fingerprint density at radius 2 is 2.09 bits per heavy atom. The molecular weight excluding hydrogens is 306 g/mol. The van der Waals surface area contributed by atoms with Crippen molar-refractivity contribution in [2.75, 3.05) is 20.8 Å². The Bertz CT molecular complexity index is 612. The van der Waals surface area contributed by atoms with Crippen molar-refractivity contribution < 1.29 is 14.0 Å². The molecule has 1 atom stereocenters. The van der Waals surface area contributed by atoms with Crippen molar-refractivity contribution in [3.05, 3.63) is 35.5 Å². The molecule has 1 unspecified atom stereocenters. The molecule has 3 rings (SSSR count). The largest absolute Gasteiger partial charge is 0.493 e. The Morgan fingerprint density at radius 1 is 1.27 bits per heavy atom. The lowest BCUT2D eigenvalue weighted by atomic mass is 10.1. The molecule has 0 radical (unpaired) electrons. The van der Waals surface area contributed by atoms with Crippen LogP contribution in [0.2, 0.25) is 0 Å².